The molecule has 0 saturated heterocycles. The minimum atomic E-state index is -5.10. The number of aryl methyl sites for hydroxylation is 4. The number of rotatable bonds is 5. The van der Waals surface area contributed by atoms with Crippen molar-refractivity contribution in [1.29, 1.82) is 0 Å². The average molecular weight is 674 g/mol. The molecule has 3 aromatic carbocycles. The van der Waals surface area contributed by atoms with Crippen molar-refractivity contribution in [2.24, 2.45) is 10.2 Å². The van der Waals surface area contributed by atoms with E-state index in [-0.39, 0.29) is 34.5 Å². The molecule has 0 fully saturated rings. The first kappa shape index (κ1) is 37.2. The summed E-state index contributed by atoms with van der Waals surface area (Å²) >= 11 is 0. The summed E-state index contributed by atoms with van der Waals surface area (Å²) < 4.78 is 143. The summed E-state index contributed by atoms with van der Waals surface area (Å²) in [7, 11) is 0. The van der Waals surface area contributed by atoms with E-state index in [1.54, 1.807) is 17.3 Å². The number of halogens is 11. The van der Waals surface area contributed by atoms with E-state index < -0.39 is 58.5 Å². The molecule has 4 nitrogen and oxygen atoms in total. The summed E-state index contributed by atoms with van der Waals surface area (Å²) in [4.78, 5) is 13.2. The molecule has 16 heteroatoms. The first-order chi connectivity index (χ1) is 19.3. The molecule has 236 valence electrons. The Morgan fingerprint density at radius 3 is 1.42 bits per heavy atom. The van der Waals surface area contributed by atoms with Crippen molar-refractivity contribution in [3.8, 4) is 0 Å². The van der Waals surface area contributed by atoms with Crippen LogP contribution in [0.4, 0.5) is 65.4 Å². The van der Waals surface area contributed by atoms with E-state index in [0.29, 0.717) is 22.3 Å². The van der Waals surface area contributed by atoms with Crippen LogP contribution in [-0.4, -0.2) is 18.1 Å². The number of nitrogens with zero attached hydrogens (tertiary/aromatic N) is 3. The number of hydrogen-bond acceptors (Lipinski definition) is 3. The Labute approximate surface area is 248 Å². The van der Waals surface area contributed by atoms with E-state index in [4.69, 9.17) is 0 Å². The quantitative estimate of drug-likeness (QED) is 0.0664. The van der Waals surface area contributed by atoms with Gasteiger partial charge in [-0.15, -0.1) is 10.6 Å². The molecule has 3 rings (SSSR count). The fourth-order valence-electron chi connectivity index (χ4n) is 3.36. The normalized spacial score (nSPS) is 12.3. The topological polar surface area (TPSA) is 55.9 Å². The van der Waals surface area contributed by atoms with Crippen LogP contribution in [0.25, 0.3) is 5.32 Å². The Hall–Kier alpha value is -3.78. The third kappa shape index (κ3) is 9.10. The minimum absolute atomic E-state index is 0. The summed E-state index contributed by atoms with van der Waals surface area (Å²) in [5.41, 5.74) is -3.43. The van der Waals surface area contributed by atoms with Crippen LogP contribution < -0.4 is 0 Å². The molecule has 0 radical (unpaired) electrons. The predicted octanol–water partition coefficient (Wildman–Crippen LogP) is 10.5. The van der Waals surface area contributed by atoms with Gasteiger partial charge in [0.25, 0.3) is 0 Å². The minimum Gasteiger partial charge on any atom is -0.654 e. The van der Waals surface area contributed by atoms with Gasteiger partial charge in [0.2, 0.25) is 5.82 Å². The summed E-state index contributed by atoms with van der Waals surface area (Å²) in [5.74, 6) is -11.2. The summed E-state index contributed by atoms with van der Waals surface area (Å²) in [6.07, 6.45) is -10.2. The maximum atomic E-state index is 13.5. The largest absolute Gasteiger partial charge is 1.00 e. The zero-order chi connectivity index (χ0) is 32.2. The molecule has 43 heavy (non-hydrogen) atoms. The molecule has 0 heterocycles. The van der Waals surface area contributed by atoms with Crippen LogP contribution in [0.1, 0.15) is 22.3 Å². The Balaban J connectivity index is 0.000000554. The molecule has 0 bridgehead atoms. The average Bonchev–Trinajstić information content (AvgIpc) is 2.88. The van der Waals surface area contributed by atoms with Crippen molar-refractivity contribution in [3.05, 3.63) is 110 Å². The fourth-order valence-corrected chi connectivity index (χ4v) is 3.36. The van der Waals surface area contributed by atoms with Gasteiger partial charge >= 0.3 is 29.4 Å². The second-order valence-electron chi connectivity index (χ2n) is 8.62. The van der Waals surface area contributed by atoms with Gasteiger partial charge in [0.15, 0.2) is 29.0 Å². The SMILES string of the molecule is Cc1cccc(C)c1N=C(/C=C(\[N-]c1c(C)cccc1C)C(F)(F)F)C(F)(F)F.O=Nc1c(F)c(F)c(F)c(F)c1F.[Cu+]. The number of nitroso groups, excluding NO2 is 1. The van der Waals surface area contributed by atoms with Crippen LogP contribution in [0.15, 0.2) is 58.3 Å². The first-order valence-electron chi connectivity index (χ1n) is 11.4. The van der Waals surface area contributed by atoms with Gasteiger partial charge in [-0.2, -0.15) is 26.3 Å². The number of benzene rings is 3. The maximum Gasteiger partial charge on any atom is 1.00 e. The van der Waals surface area contributed by atoms with Crippen LogP contribution in [0.5, 0.6) is 0 Å². The molecular formula is C27H19CuF11N3O. The van der Waals surface area contributed by atoms with Gasteiger partial charge < -0.3 is 5.32 Å². The molecule has 0 amide bonds. The number of hydrogen-bond donors (Lipinski definition) is 0. The molecule has 0 aromatic heterocycles. The van der Waals surface area contributed by atoms with Crippen molar-refractivity contribution >= 4 is 22.8 Å². The third-order valence-electron chi connectivity index (χ3n) is 5.48. The summed E-state index contributed by atoms with van der Waals surface area (Å²) in [6, 6.07) is 9.41. The van der Waals surface area contributed by atoms with Crippen LogP contribution in [0.3, 0.4) is 0 Å². The number of allylic oxidation sites excluding steroid dienone is 2. The van der Waals surface area contributed by atoms with Crippen molar-refractivity contribution in [3.63, 3.8) is 0 Å². The van der Waals surface area contributed by atoms with E-state index in [9.17, 15) is 53.2 Å². The number of para-hydroxylation sites is 2. The zero-order valence-electron chi connectivity index (χ0n) is 22.3. The van der Waals surface area contributed by atoms with E-state index in [0.717, 1.165) is 0 Å². The molecule has 0 atom stereocenters. The summed E-state index contributed by atoms with van der Waals surface area (Å²) in [5, 5.41) is 5.21. The van der Waals surface area contributed by atoms with Crippen LogP contribution in [0.2, 0.25) is 0 Å². The van der Waals surface area contributed by atoms with Crippen molar-refractivity contribution in [1.82, 2.24) is 0 Å². The Kier molecular flexibility index (Phi) is 12.6. The monoisotopic (exact) mass is 673 g/mol. The van der Waals surface area contributed by atoms with Crippen LogP contribution >= 0.6 is 0 Å². The summed E-state index contributed by atoms with van der Waals surface area (Å²) in [6.45, 7) is 6.15. The molecule has 0 N–H and O–H groups in total. The number of aliphatic imine (C=N–C) groups is 1. The van der Waals surface area contributed by atoms with E-state index >= 15 is 0 Å². The fraction of sp³-hybridized carbons (Fsp3) is 0.222. The number of alkyl halides is 6. The Morgan fingerprint density at radius 1 is 0.651 bits per heavy atom. The van der Waals surface area contributed by atoms with Gasteiger partial charge in [-0.3, -0.25) is 0 Å². The van der Waals surface area contributed by atoms with Gasteiger partial charge in [-0.25, -0.2) is 26.9 Å². The van der Waals surface area contributed by atoms with Gasteiger partial charge in [-0.1, -0.05) is 53.2 Å². The van der Waals surface area contributed by atoms with E-state index in [1.807, 2.05) is 0 Å². The Bertz CT molecular complexity index is 1480. The molecule has 0 saturated carbocycles. The van der Waals surface area contributed by atoms with E-state index in [2.05, 4.69) is 10.3 Å². The smallest absolute Gasteiger partial charge is 0.654 e. The molecule has 0 unspecified atom stereocenters. The molecule has 3 aromatic rings. The standard InChI is InChI=1S/C21H19F6N2.C6F5NO.Cu/c1-12-7-5-8-13(2)18(12)28-16(20(22,23)24)11-17(21(25,26)27)29-19-14(3)9-6-10-15(19)4;7-1-2(8)4(10)6(12-13)5(11)3(1)9;/h5-11H,1-4H3;;/q-1;;+1/b16-11-,29-17?;;. The second kappa shape index (κ2) is 14.6. The molecule has 0 aliphatic heterocycles. The molecule has 0 aliphatic rings. The first-order valence-corrected chi connectivity index (χ1v) is 11.4. The van der Waals surface area contributed by atoms with Gasteiger partial charge in [0.05, 0.1) is 5.69 Å². The molecule has 0 spiro atoms. The van der Waals surface area contributed by atoms with E-state index in [1.165, 1.54) is 52.0 Å². The zero-order valence-corrected chi connectivity index (χ0v) is 23.2. The Morgan fingerprint density at radius 2 is 1.05 bits per heavy atom. The maximum absolute atomic E-state index is 13.5. The third-order valence-corrected chi connectivity index (χ3v) is 5.48. The van der Waals surface area contributed by atoms with Crippen molar-refractivity contribution in [2.75, 3.05) is 0 Å². The van der Waals surface area contributed by atoms with Gasteiger partial charge in [-0.05, 0) is 50.1 Å². The van der Waals surface area contributed by atoms with Gasteiger partial charge in [0, 0.05) is 0 Å². The van der Waals surface area contributed by atoms with Crippen molar-refractivity contribution in [2.45, 2.75) is 40.0 Å². The second-order valence-corrected chi connectivity index (χ2v) is 8.62. The molecular weight excluding hydrogens is 655 g/mol. The van der Waals surface area contributed by atoms with Crippen LogP contribution in [0, 0.1) is 61.7 Å². The predicted molar refractivity (Wildman–Crippen MR) is 134 cm³/mol. The van der Waals surface area contributed by atoms with Crippen molar-refractivity contribution < 1.29 is 65.4 Å². The van der Waals surface area contributed by atoms with Gasteiger partial charge in [0.1, 0.15) is 5.71 Å². The van der Waals surface area contributed by atoms with Crippen LogP contribution in [-0.2, 0) is 17.1 Å². The molecule has 0 aliphatic carbocycles.